The first-order chi connectivity index (χ1) is 10.2. The molecule has 0 aromatic heterocycles. The lowest BCUT2D eigenvalue weighted by atomic mass is 10.2. The predicted octanol–water partition coefficient (Wildman–Crippen LogP) is 1.77. The second-order valence-electron chi connectivity index (χ2n) is 4.93. The number of guanidine groups is 1. The van der Waals surface area contributed by atoms with Crippen LogP contribution in [0.3, 0.4) is 0 Å². The van der Waals surface area contributed by atoms with Crippen LogP contribution in [0.1, 0.15) is 37.0 Å². The molecule has 1 atom stereocenters. The number of carbonyl (C=O) groups is 1. The molecular weight excluding hydrogens is 264 g/mol. The van der Waals surface area contributed by atoms with Crippen LogP contribution in [0.4, 0.5) is 0 Å². The van der Waals surface area contributed by atoms with Crippen LogP contribution < -0.4 is 16.0 Å². The van der Waals surface area contributed by atoms with Crippen LogP contribution in [0.15, 0.2) is 35.3 Å². The predicted molar refractivity (Wildman–Crippen MR) is 87.6 cm³/mol. The number of rotatable bonds is 7. The minimum atomic E-state index is -0.0299. The van der Waals surface area contributed by atoms with Crippen LogP contribution in [-0.2, 0) is 0 Å². The van der Waals surface area contributed by atoms with Gasteiger partial charge in [0.15, 0.2) is 5.96 Å². The summed E-state index contributed by atoms with van der Waals surface area (Å²) in [5, 5.41) is 9.43. The van der Waals surface area contributed by atoms with Crippen molar-refractivity contribution in [3.63, 3.8) is 0 Å². The molecule has 0 aliphatic carbocycles. The minimum absolute atomic E-state index is 0.0299. The summed E-state index contributed by atoms with van der Waals surface area (Å²) >= 11 is 0. The molecule has 0 saturated heterocycles. The Morgan fingerprint density at radius 1 is 1.19 bits per heavy atom. The lowest BCUT2D eigenvalue weighted by Crippen LogP contribution is -2.42. The number of hydrogen-bond acceptors (Lipinski definition) is 2. The zero-order valence-electron chi connectivity index (χ0n) is 13.1. The maximum atomic E-state index is 11.8. The van der Waals surface area contributed by atoms with Gasteiger partial charge in [-0.25, -0.2) is 0 Å². The topological polar surface area (TPSA) is 65.5 Å². The summed E-state index contributed by atoms with van der Waals surface area (Å²) in [4.78, 5) is 16.0. The highest BCUT2D eigenvalue weighted by Gasteiger charge is 2.04. The Kier molecular flexibility index (Phi) is 7.94. The van der Waals surface area contributed by atoms with Crippen molar-refractivity contribution in [2.75, 3.05) is 20.1 Å². The highest BCUT2D eigenvalue weighted by Crippen LogP contribution is 1.97. The number of aliphatic imine (C=N–C) groups is 1. The maximum Gasteiger partial charge on any atom is 0.251 e. The SMILES string of the molecule is CC[C@@H](C)NC(=NC)NCCCNC(=O)c1ccccc1. The van der Waals surface area contributed by atoms with E-state index in [1.165, 1.54) is 0 Å². The molecule has 1 aromatic rings. The highest BCUT2D eigenvalue weighted by atomic mass is 16.1. The van der Waals surface area contributed by atoms with Gasteiger partial charge in [-0.15, -0.1) is 0 Å². The average molecular weight is 290 g/mol. The second kappa shape index (κ2) is 9.80. The molecule has 0 spiro atoms. The summed E-state index contributed by atoms with van der Waals surface area (Å²) in [5.74, 6) is 0.774. The molecule has 0 heterocycles. The van der Waals surface area contributed by atoms with Crippen LogP contribution >= 0.6 is 0 Å². The first-order valence-electron chi connectivity index (χ1n) is 7.47. The molecule has 0 fully saturated rings. The van der Waals surface area contributed by atoms with Crippen LogP contribution in [-0.4, -0.2) is 38.0 Å². The number of nitrogens with one attached hydrogen (secondary N) is 3. The van der Waals surface area contributed by atoms with E-state index in [4.69, 9.17) is 0 Å². The van der Waals surface area contributed by atoms with Crippen LogP contribution in [0.5, 0.6) is 0 Å². The monoisotopic (exact) mass is 290 g/mol. The zero-order valence-corrected chi connectivity index (χ0v) is 13.1. The summed E-state index contributed by atoms with van der Waals surface area (Å²) in [7, 11) is 1.76. The summed E-state index contributed by atoms with van der Waals surface area (Å²) in [5.41, 5.74) is 0.694. The van der Waals surface area contributed by atoms with E-state index in [0.29, 0.717) is 18.2 Å². The van der Waals surface area contributed by atoms with Gasteiger partial charge in [0.25, 0.3) is 5.91 Å². The van der Waals surface area contributed by atoms with Crippen molar-refractivity contribution < 1.29 is 4.79 Å². The molecule has 0 aliphatic heterocycles. The van der Waals surface area contributed by atoms with Gasteiger partial charge in [-0.1, -0.05) is 25.1 Å². The lowest BCUT2D eigenvalue weighted by molar-refractivity contribution is 0.0953. The number of nitrogens with zero attached hydrogens (tertiary/aromatic N) is 1. The Balaban J connectivity index is 2.18. The largest absolute Gasteiger partial charge is 0.356 e. The number of hydrogen-bond donors (Lipinski definition) is 3. The fourth-order valence-corrected chi connectivity index (χ4v) is 1.72. The van der Waals surface area contributed by atoms with E-state index in [9.17, 15) is 4.79 Å². The van der Waals surface area contributed by atoms with E-state index in [-0.39, 0.29) is 5.91 Å². The third-order valence-corrected chi connectivity index (χ3v) is 3.19. The maximum absolute atomic E-state index is 11.8. The van der Waals surface area contributed by atoms with Gasteiger partial charge in [-0.05, 0) is 31.9 Å². The first-order valence-corrected chi connectivity index (χ1v) is 7.47. The molecule has 0 unspecified atom stereocenters. The molecule has 1 aromatic carbocycles. The van der Waals surface area contributed by atoms with Crippen molar-refractivity contribution in [2.24, 2.45) is 4.99 Å². The number of amides is 1. The fourth-order valence-electron chi connectivity index (χ4n) is 1.72. The van der Waals surface area contributed by atoms with Crippen LogP contribution in [0.25, 0.3) is 0 Å². The van der Waals surface area contributed by atoms with Gasteiger partial charge in [0.05, 0.1) is 0 Å². The summed E-state index contributed by atoms with van der Waals surface area (Å²) in [6.45, 7) is 5.66. The molecule has 1 amide bonds. The van der Waals surface area contributed by atoms with Gasteiger partial charge in [-0.3, -0.25) is 9.79 Å². The fraction of sp³-hybridized carbons (Fsp3) is 0.500. The summed E-state index contributed by atoms with van der Waals surface area (Å²) in [6.07, 6.45) is 1.90. The first kappa shape index (κ1) is 17.0. The third-order valence-electron chi connectivity index (χ3n) is 3.19. The molecule has 5 heteroatoms. The van der Waals surface area contributed by atoms with Crippen molar-refractivity contribution in [1.82, 2.24) is 16.0 Å². The molecule has 3 N–H and O–H groups in total. The van der Waals surface area contributed by atoms with Gasteiger partial charge in [-0.2, -0.15) is 0 Å². The lowest BCUT2D eigenvalue weighted by Gasteiger charge is -2.16. The minimum Gasteiger partial charge on any atom is -0.356 e. The standard InChI is InChI=1S/C16H26N4O/c1-4-13(2)20-16(17-3)19-12-8-11-18-15(21)14-9-6-5-7-10-14/h5-7,9-10,13H,4,8,11-12H2,1-3H3,(H,18,21)(H2,17,19,20)/t13-/m1/s1. The molecular formula is C16H26N4O. The Morgan fingerprint density at radius 3 is 2.48 bits per heavy atom. The normalized spacial score (nSPS) is 12.6. The highest BCUT2D eigenvalue weighted by molar-refractivity contribution is 5.94. The van der Waals surface area contributed by atoms with Crippen LogP contribution in [0, 0.1) is 0 Å². The van der Waals surface area contributed by atoms with Crippen molar-refractivity contribution in [1.29, 1.82) is 0 Å². The summed E-state index contributed by atoms with van der Waals surface area (Å²) < 4.78 is 0. The van der Waals surface area contributed by atoms with E-state index < -0.39 is 0 Å². The third kappa shape index (κ3) is 6.79. The smallest absolute Gasteiger partial charge is 0.251 e. The van der Waals surface area contributed by atoms with Gasteiger partial charge in [0, 0.05) is 31.7 Å². The van der Waals surface area contributed by atoms with Crippen molar-refractivity contribution >= 4 is 11.9 Å². The Bertz CT molecular complexity index is 445. The van der Waals surface area contributed by atoms with E-state index in [1.807, 2.05) is 30.3 Å². The average Bonchev–Trinajstić information content (AvgIpc) is 2.53. The molecule has 116 valence electrons. The van der Waals surface area contributed by atoms with Crippen molar-refractivity contribution in [2.45, 2.75) is 32.7 Å². The molecule has 1 rings (SSSR count). The quantitative estimate of drug-likeness (QED) is 0.407. The molecule has 0 bridgehead atoms. The van der Waals surface area contributed by atoms with Gasteiger partial charge in [0.2, 0.25) is 0 Å². The van der Waals surface area contributed by atoms with Gasteiger partial charge in [0.1, 0.15) is 0 Å². The Hall–Kier alpha value is -2.04. The Labute approximate surface area is 127 Å². The number of carbonyl (C=O) groups excluding carboxylic acids is 1. The van der Waals surface area contributed by atoms with Gasteiger partial charge < -0.3 is 16.0 Å². The second-order valence-corrected chi connectivity index (χ2v) is 4.93. The molecule has 0 radical (unpaired) electrons. The number of benzene rings is 1. The molecule has 0 aliphatic rings. The van der Waals surface area contributed by atoms with Crippen LogP contribution in [0.2, 0.25) is 0 Å². The Morgan fingerprint density at radius 2 is 1.86 bits per heavy atom. The van der Waals surface area contributed by atoms with Crippen molar-refractivity contribution in [3.8, 4) is 0 Å². The van der Waals surface area contributed by atoms with E-state index in [2.05, 4.69) is 34.8 Å². The summed E-state index contributed by atoms with van der Waals surface area (Å²) in [6, 6.07) is 9.64. The zero-order chi connectivity index (χ0) is 15.5. The van der Waals surface area contributed by atoms with E-state index >= 15 is 0 Å². The molecule has 0 saturated carbocycles. The van der Waals surface area contributed by atoms with E-state index in [0.717, 1.165) is 25.3 Å². The molecule has 5 nitrogen and oxygen atoms in total. The molecule has 21 heavy (non-hydrogen) atoms. The van der Waals surface area contributed by atoms with Crippen molar-refractivity contribution in [3.05, 3.63) is 35.9 Å². The van der Waals surface area contributed by atoms with Gasteiger partial charge >= 0.3 is 0 Å². The van der Waals surface area contributed by atoms with E-state index in [1.54, 1.807) is 7.05 Å².